The third-order valence-corrected chi connectivity index (χ3v) is 5.56. The fraction of sp³-hybridized carbons (Fsp3) is 0.200. The molecule has 126 valence electrons. The van der Waals surface area contributed by atoms with Gasteiger partial charge in [-0.3, -0.25) is 14.2 Å². The van der Waals surface area contributed by atoms with Crippen molar-refractivity contribution in [3.05, 3.63) is 68.9 Å². The van der Waals surface area contributed by atoms with Crippen molar-refractivity contribution in [2.75, 3.05) is 0 Å². The molecule has 0 aliphatic heterocycles. The van der Waals surface area contributed by atoms with Crippen molar-refractivity contribution in [2.45, 2.75) is 19.3 Å². The van der Waals surface area contributed by atoms with Crippen molar-refractivity contribution < 1.29 is 14.7 Å². The molecule has 1 heterocycles. The second-order valence-corrected chi connectivity index (χ2v) is 7.62. The van der Waals surface area contributed by atoms with Gasteiger partial charge >= 0.3 is 5.97 Å². The van der Waals surface area contributed by atoms with E-state index in [9.17, 15) is 14.7 Å². The molecule has 1 aromatic heterocycles. The molecule has 0 saturated heterocycles. The van der Waals surface area contributed by atoms with Crippen molar-refractivity contribution in [3.8, 4) is 0 Å². The van der Waals surface area contributed by atoms with E-state index in [1.165, 1.54) is 0 Å². The molecule has 1 aliphatic carbocycles. The number of nitrogens with zero attached hydrogens (tertiary/aromatic N) is 1. The summed E-state index contributed by atoms with van der Waals surface area (Å²) in [5.74, 6) is -1.18. The van der Waals surface area contributed by atoms with Gasteiger partial charge < -0.3 is 5.11 Å². The molecule has 1 unspecified atom stereocenters. The van der Waals surface area contributed by atoms with Gasteiger partial charge in [-0.05, 0) is 71.7 Å². The predicted molar refractivity (Wildman–Crippen MR) is 104 cm³/mol. The molecule has 4 rings (SSSR count). The largest absolute Gasteiger partial charge is 0.481 e. The van der Waals surface area contributed by atoms with Crippen LogP contribution in [0.25, 0.3) is 10.9 Å². The van der Waals surface area contributed by atoms with Crippen LogP contribution in [-0.2, 0) is 17.6 Å². The number of benzene rings is 2. The Morgan fingerprint density at radius 2 is 1.92 bits per heavy atom. The van der Waals surface area contributed by atoms with Crippen molar-refractivity contribution in [3.63, 3.8) is 0 Å². The maximum atomic E-state index is 13.2. The van der Waals surface area contributed by atoms with Gasteiger partial charge in [-0.2, -0.15) is 0 Å². The molecule has 2 aromatic carbocycles. The van der Waals surface area contributed by atoms with E-state index in [0.717, 1.165) is 25.7 Å². The molecule has 0 spiro atoms. The standard InChI is InChI=1S/C20H16INO3/c21-14-5-3-4-12(10-14)19(23)22-17-7-2-1-6-15(17)16-11-13(20(24)25)8-9-18(16)22/h1-7,10,13H,8-9,11H2,(H,24,25). The molecule has 0 saturated carbocycles. The Balaban J connectivity index is 1.91. The van der Waals surface area contributed by atoms with Crippen LogP contribution in [0, 0.1) is 9.49 Å². The summed E-state index contributed by atoms with van der Waals surface area (Å²) in [6.45, 7) is 0. The van der Waals surface area contributed by atoms with Gasteiger partial charge in [0.05, 0.1) is 11.4 Å². The summed E-state index contributed by atoms with van der Waals surface area (Å²) in [5.41, 5.74) is 3.48. The number of para-hydroxylation sites is 1. The van der Waals surface area contributed by atoms with Crippen molar-refractivity contribution in [2.24, 2.45) is 5.92 Å². The lowest BCUT2D eigenvalue weighted by atomic mass is 9.86. The zero-order valence-electron chi connectivity index (χ0n) is 13.4. The Kier molecular flexibility index (Phi) is 4.11. The van der Waals surface area contributed by atoms with Gasteiger partial charge in [-0.1, -0.05) is 24.3 Å². The summed E-state index contributed by atoms with van der Waals surface area (Å²) in [6, 6.07) is 15.3. The minimum atomic E-state index is -0.758. The SMILES string of the molecule is O=C(O)C1CCc2c(c3ccccc3n2C(=O)c2cccc(I)c2)C1. The van der Waals surface area contributed by atoms with Gasteiger partial charge in [0.2, 0.25) is 0 Å². The zero-order valence-corrected chi connectivity index (χ0v) is 15.6. The molecular formula is C20H16INO3. The number of halogens is 1. The number of carboxylic acids is 1. The van der Waals surface area contributed by atoms with E-state index >= 15 is 0 Å². The number of aromatic nitrogens is 1. The molecule has 0 bridgehead atoms. The van der Waals surface area contributed by atoms with E-state index in [2.05, 4.69) is 22.6 Å². The normalized spacial score (nSPS) is 16.6. The van der Waals surface area contributed by atoms with Crippen LogP contribution in [0.3, 0.4) is 0 Å². The number of fused-ring (bicyclic) bond motifs is 3. The minimum absolute atomic E-state index is 0.0512. The number of aliphatic carboxylic acids is 1. The minimum Gasteiger partial charge on any atom is -0.481 e. The van der Waals surface area contributed by atoms with Crippen LogP contribution >= 0.6 is 22.6 Å². The first-order valence-electron chi connectivity index (χ1n) is 8.20. The first-order chi connectivity index (χ1) is 12.1. The van der Waals surface area contributed by atoms with E-state index in [1.54, 1.807) is 4.57 Å². The molecule has 4 nitrogen and oxygen atoms in total. The van der Waals surface area contributed by atoms with Gasteiger partial charge in [-0.15, -0.1) is 0 Å². The molecule has 0 radical (unpaired) electrons. The van der Waals surface area contributed by atoms with Gasteiger partial charge in [0.1, 0.15) is 0 Å². The Morgan fingerprint density at radius 1 is 1.12 bits per heavy atom. The first-order valence-corrected chi connectivity index (χ1v) is 9.28. The van der Waals surface area contributed by atoms with Crippen molar-refractivity contribution in [1.29, 1.82) is 0 Å². The highest BCUT2D eigenvalue weighted by Crippen LogP contribution is 2.35. The number of carbonyl (C=O) groups is 2. The smallest absolute Gasteiger partial charge is 0.306 e. The van der Waals surface area contributed by atoms with Crippen molar-refractivity contribution in [1.82, 2.24) is 4.57 Å². The molecule has 5 heteroatoms. The highest BCUT2D eigenvalue weighted by molar-refractivity contribution is 14.1. The van der Waals surface area contributed by atoms with Gasteiger partial charge in [0, 0.05) is 20.2 Å². The van der Waals surface area contributed by atoms with Gasteiger partial charge in [-0.25, -0.2) is 0 Å². The first kappa shape index (κ1) is 16.3. The Hall–Kier alpha value is -2.15. The number of carboxylic acid groups (broad SMARTS) is 1. The van der Waals surface area contributed by atoms with Crippen LogP contribution in [0.4, 0.5) is 0 Å². The number of carbonyl (C=O) groups excluding carboxylic acids is 1. The van der Waals surface area contributed by atoms with Crippen LogP contribution in [0.15, 0.2) is 48.5 Å². The van der Waals surface area contributed by atoms with Crippen LogP contribution in [0.5, 0.6) is 0 Å². The number of rotatable bonds is 2. The third kappa shape index (κ3) is 2.76. The lowest BCUT2D eigenvalue weighted by Crippen LogP contribution is -2.24. The highest BCUT2D eigenvalue weighted by atomic mass is 127. The summed E-state index contributed by atoms with van der Waals surface area (Å²) in [6.07, 6.45) is 1.66. The van der Waals surface area contributed by atoms with E-state index in [1.807, 2.05) is 48.5 Å². The molecule has 1 N–H and O–H groups in total. The second kappa shape index (κ2) is 6.29. The van der Waals surface area contributed by atoms with Crippen LogP contribution in [0.2, 0.25) is 0 Å². The average molecular weight is 445 g/mol. The molecule has 25 heavy (non-hydrogen) atoms. The van der Waals surface area contributed by atoms with Crippen LogP contribution in [0.1, 0.15) is 28.0 Å². The predicted octanol–water partition coefficient (Wildman–Crippen LogP) is 4.12. The fourth-order valence-corrected chi connectivity index (χ4v) is 4.25. The molecular weight excluding hydrogens is 429 g/mol. The maximum absolute atomic E-state index is 13.2. The summed E-state index contributed by atoms with van der Waals surface area (Å²) in [5, 5.41) is 10.4. The lowest BCUT2D eigenvalue weighted by molar-refractivity contribution is -0.142. The highest BCUT2D eigenvalue weighted by Gasteiger charge is 2.30. The maximum Gasteiger partial charge on any atom is 0.306 e. The topological polar surface area (TPSA) is 59.3 Å². The summed E-state index contributed by atoms with van der Waals surface area (Å²) in [7, 11) is 0. The third-order valence-electron chi connectivity index (χ3n) is 4.89. The summed E-state index contributed by atoms with van der Waals surface area (Å²) in [4.78, 5) is 24.6. The van der Waals surface area contributed by atoms with Gasteiger partial charge in [0.25, 0.3) is 5.91 Å². The summed E-state index contributed by atoms with van der Waals surface area (Å²) >= 11 is 2.20. The molecule has 1 aliphatic rings. The van der Waals surface area contributed by atoms with E-state index in [0.29, 0.717) is 24.8 Å². The Labute approximate surface area is 158 Å². The van der Waals surface area contributed by atoms with Crippen molar-refractivity contribution >= 4 is 45.4 Å². The number of hydrogen-bond donors (Lipinski definition) is 1. The lowest BCUT2D eigenvalue weighted by Gasteiger charge is -2.20. The monoisotopic (exact) mass is 445 g/mol. The summed E-state index contributed by atoms with van der Waals surface area (Å²) < 4.78 is 2.80. The fourth-order valence-electron chi connectivity index (χ4n) is 3.70. The number of hydrogen-bond acceptors (Lipinski definition) is 2. The molecule has 0 amide bonds. The molecule has 0 fully saturated rings. The second-order valence-electron chi connectivity index (χ2n) is 6.37. The zero-order chi connectivity index (χ0) is 17.6. The van der Waals surface area contributed by atoms with E-state index in [4.69, 9.17) is 0 Å². The Bertz CT molecular complexity index is 1010. The Morgan fingerprint density at radius 3 is 2.68 bits per heavy atom. The van der Waals surface area contributed by atoms with Crippen LogP contribution < -0.4 is 0 Å². The van der Waals surface area contributed by atoms with Gasteiger partial charge in [0.15, 0.2) is 0 Å². The van der Waals surface area contributed by atoms with E-state index in [-0.39, 0.29) is 11.8 Å². The average Bonchev–Trinajstić information content (AvgIpc) is 2.95. The van der Waals surface area contributed by atoms with Crippen LogP contribution in [-0.4, -0.2) is 21.6 Å². The molecule has 1 atom stereocenters. The quantitative estimate of drug-likeness (QED) is 0.604. The van der Waals surface area contributed by atoms with E-state index < -0.39 is 5.97 Å². The molecule has 3 aromatic rings.